The minimum atomic E-state index is 0. The SMILES string of the molecule is CCNC(=NCc1c(CC)noc1CC)NCCCc1c[nH]c2ccccc12.I. The van der Waals surface area contributed by atoms with E-state index in [1.807, 2.05) is 0 Å². The number of fused-ring (bicyclic) bond motifs is 1. The molecule has 0 aliphatic carbocycles. The van der Waals surface area contributed by atoms with Crippen LogP contribution < -0.4 is 10.6 Å². The van der Waals surface area contributed by atoms with E-state index in [1.54, 1.807) is 0 Å². The number of halogens is 1. The van der Waals surface area contributed by atoms with Crippen molar-refractivity contribution in [2.24, 2.45) is 4.99 Å². The Hall–Kier alpha value is -2.03. The predicted octanol–water partition coefficient (Wildman–Crippen LogP) is 4.59. The molecule has 7 heteroatoms. The van der Waals surface area contributed by atoms with E-state index in [1.165, 1.54) is 16.5 Å². The van der Waals surface area contributed by atoms with Crippen LogP contribution in [-0.4, -0.2) is 29.2 Å². The maximum Gasteiger partial charge on any atom is 0.191 e. The fraction of sp³-hybridized carbons (Fsp3) is 0.455. The molecule has 0 saturated carbocycles. The Morgan fingerprint density at radius 3 is 2.72 bits per heavy atom. The molecule has 158 valence electrons. The number of aromatic amines is 1. The van der Waals surface area contributed by atoms with Gasteiger partial charge in [-0.15, -0.1) is 24.0 Å². The smallest absolute Gasteiger partial charge is 0.191 e. The number of aryl methyl sites for hydroxylation is 3. The standard InChI is InChI=1S/C22H31N5O.HI/c1-4-19-18(21(5-2)28-27-19)15-26-22(23-6-3)24-13-9-10-16-14-25-20-12-8-7-11-17(16)20;/h7-8,11-12,14,25H,4-6,9-10,13,15H2,1-3H3,(H2,23,24,26);1H. The van der Waals surface area contributed by atoms with E-state index >= 15 is 0 Å². The van der Waals surface area contributed by atoms with Gasteiger partial charge in [-0.3, -0.25) is 0 Å². The molecule has 0 unspecified atom stereocenters. The Morgan fingerprint density at radius 2 is 1.97 bits per heavy atom. The lowest BCUT2D eigenvalue weighted by atomic mass is 10.1. The lowest BCUT2D eigenvalue weighted by molar-refractivity contribution is 0.380. The molecule has 0 aliphatic rings. The van der Waals surface area contributed by atoms with E-state index in [9.17, 15) is 0 Å². The van der Waals surface area contributed by atoms with Crippen molar-refractivity contribution in [1.82, 2.24) is 20.8 Å². The summed E-state index contributed by atoms with van der Waals surface area (Å²) >= 11 is 0. The van der Waals surface area contributed by atoms with Gasteiger partial charge in [-0.2, -0.15) is 0 Å². The van der Waals surface area contributed by atoms with E-state index in [2.05, 4.69) is 72.0 Å². The van der Waals surface area contributed by atoms with Crippen LogP contribution in [0.5, 0.6) is 0 Å². The zero-order chi connectivity index (χ0) is 19.8. The second-order valence-electron chi connectivity index (χ2n) is 6.82. The second kappa shape index (κ2) is 11.8. The first kappa shape index (κ1) is 23.3. The Labute approximate surface area is 189 Å². The minimum Gasteiger partial charge on any atom is -0.361 e. The molecular formula is C22H32IN5O. The summed E-state index contributed by atoms with van der Waals surface area (Å²) in [5, 5.41) is 12.3. The molecule has 0 bridgehead atoms. The molecule has 3 N–H and O–H groups in total. The van der Waals surface area contributed by atoms with E-state index in [0.29, 0.717) is 6.54 Å². The maximum atomic E-state index is 5.44. The van der Waals surface area contributed by atoms with Gasteiger partial charge >= 0.3 is 0 Å². The number of rotatable bonds is 9. The highest BCUT2D eigenvalue weighted by Gasteiger charge is 2.13. The van der Waals surface area contributed by atoms with Crippen LogP contribution in [-0.2, 0) is 25.8 Å². The van der Waals surface area contributed by atoms with Crippen LogP contribution in [0.3, 0.4) is 0 Å². The number of nitrogens with zero attached hydrogens (tertiary/aromatic N) is 2. The normalized spacial score (nSPS) is 11.5. The summed E-state index contributed by atoms with van der Waals surface area (Å²) in [5.74, 6) is 1.78. The molecule has 3 aromatic rings. The number of aliphatic imine (C=N–C) groups is 1. The van der Waals surface area contributed by atoms with Crippen LogP contribution in [0.25, 0.3) is 10.9 Å². The minimum absolute atomic E-state index is 0. The first-order valence-electron chi connectivity index (χ1n) is 10.3. The van der Waals surface area contributed by atoms with Gasteiger partial charge in [0.15, 0.2) is 5.96 Å². The van der Waals surface area contributed by atoms with Crippen molar-refractivity contribution in [3.05, 3.63) is 53.0 Å². The highest BCUT2D eigenvalue weighted by molar-refractivity contribution is 14.0. The lowest BCUT2D eigenvalue weighted by Gasteiger charge is -2.11. The average molecular weight is 509 g/mol. The fourth-order valence-corrected chi connectivity index (χ4v) is 3.44. The van der Waals surface area contributed by atoms with Gasteiger partial charge < -0.3 is 20.1 Å². The third-order valence-corrected chi connectivity index (χ3v) is 4.94. The number of hydrogen-bond donors (Lipinski definition) is 3. The predicted molar refractivity (Wildman–Crippen MR) is 130 cm³/mol. The number of para-hydroxylation sites is 1. The van der Waals surface area contributed by atoms with Crippen LogP contribution in [0, 0.1) is 0 Å². The quantitative estimate of drug-likeness (QED) is 0.171. The molecule has 2 aromatic heterocycles. The molecule has 0 amide bonds. The highest BCUT2D eigenvalue weighted by Crippen LogP contribution is 2.19. The largest absolute Gasteiger partial charge is 0.361 e. The molecule has 0 radical (unpaired) electrons. The summed E-state index contributed by atoms with van der Waals surface area (Å²) in [7, 11) is 0. The molecule has 0 spiro atoms. The van der Waals surface area contributed by atoms with Crippen LogP contribution in [0.2, 0.25) is 0 Å². The molecule has 6 nitrogen and oxygen atoms in total. The van der Waals surface area contributed by atoms with Crippen LogP contribution >= 0.6 is 24.0 Å². The van der Waals surface area contributed by atoms with Gasteiger partial charge in [0, 0.05) is 42.2 Å². The molecule has 29 heavy (non-hydrogen) atoms. The van der Waals surface area contributed by atoms with E-state index in [-0.39, 0.29) is 24.0 Å². The Bertz CT molecular complexity index is 893. The van der Waals surface area contributed by atoms with Crippen LogP contribution in [0.1, 0.15) is 49.8 Å². The van der Waals surface area contributed by atoms with Gasteiger partial charge in [0.05, 0.1) is 12.2 Å². The number of H-pyrrole nitrogens is 1. The number of hydrogen-bond acceptors (Lipinski definition) is 3. The van der Waals surface area contributed by atoms with Crippen molar-refractivity contribution >= 4 is 40.8 Å². The summed E-state index contributed by atoms with van der Waals surface area (Å²) in [6, 6.07) is 8.45. The van der Waals surface area contributed by atoms with Gasteiger partial charge in [0.25, 0.3) is 0 Å². The van der Waals surface area contributed by atoms with Crippen molar-refractivity contribution in [2.45, 2.75) is 53.0 Å². The summed E-state index contributed by atoms with van der Waals surface area (Å²) in [4.78, 5) is 8.09. The molecular weight excluding hydrogens is 477 g/mol. The van der Waals surface area contributed by atoms with Crippen LogP contribution in [0.4, 0.5) is 0 Å². The topological polar surface area (TPSA) is 78.2 Å². The number of aromatic nitrogens is 2. The summed E-state index contributed by atoms with van der Waals surface area (Å²) in [6.07, 6.45) is 5.89. The second-order valence-corrected chi connectivity index (χ2v) is 6.82. The van der Waals surface area contributed by atoms with Gasteiger partial charge in [-0.1, -0.05) is 37.2 Å². The van der Waals surface area contributed by atoms with Crippen molar-refractivity contribution in [3.63, 3.8) is 0 Å². The summed E-state index contributed by atoms with van der Waals surface area (Å²) < 4.78 is 5.44. The number of guanidine groups is 1. The van der Waals surface area contributed by atoms with Crippen molar-refractivity contribution in [3.8, 4) is 0 Å². The van der Waals surface area contributed by atoms with Crippen molar-refractivity contribution in [2.75, 3.05) is 13.1 Å². The van der Waals surface area contributed by atoms with Gasteiger partial charge in [0.2, 0.25) is 0 Å². The number of nitrogens with one attached hydrogen (secondary N) is 3. The zero-order valence-electron chi connectivity index (χ0n) is 17.5. The number of benzene rings is 1. The zero-order valence-corrected chi connectivity index (χ0v) is 19.9. The summed E-state index contributed by atoms with van der Waals surface area (Å²) in [6.45, 7) is 8.56. The third-order valence-electron chi connectivity index (χ3n) is 4.94. The van der Waals surface area contributed by atoms with Crippen LogP contribution in [0.15, 0.2) is 40.0 Å². The molecule has 3 rings (SSSR count). The summed E-state index contributed by atoms with van der Waals surface area (Å²) in [5.41, 5.74) is 4.70. The van der Waals surface area contributed by atoms with Gasteiger partial charge in [-0.25, -0.2) is 4.99 Å². The molecule has 0 aliphatic heterocycles. The molecule has 0 fully saturated rings. The Kier molecular flexibility index (Phi) is 9.50. The third kappa shape index (κ3) is 5.98. The van der Waals surface area contributed by atoms with E-state index < -0.39 is 0 Å². The molecule has 0 saturated heterocycles. The van der Waals surface area contributed by atoms with Crippen molar-refractivity contribution < 1.29 is 4.52 Å². The Morgan fingerprint density at radius 1 is 1.14 bits per heavy atom. The van der Waals surface area contributed by atoms with E-state index in [0.717, 1.165) is 61.7 Å². The maximum absolute atomic E-state index is 5.44. The average Bonchev–Trinajstić information content (AvgIpc) is 3.32. The van der Waals surface area contributed by atoms with Gasteiger partial charge in [-0.05, 0) is 37.8 Å². The van der Waals surface area contributed by atoms with E-state index in [4.69, 9.17) is 9.52 Å². The van der Waals surface area contributed by atoms with Crippen molar-refractivity contribution in [1.29, 1.82) is 0 Å². The first-order valence-corrected chi connectivity index (χ1v) is 10.3. The Balaban J connectivity index is 0.00000300. The molecule has 2 heterocycles. The monoisotopic (exact) mass is 509 g/mol. The molecule has 1 aromatic carbocycles. The molecule has 0 atom stereocenters. The lowest BCUT2D eigenvalue weighted by Crippen LogP contribution is -2.37. The fourth-order valence-electron chi connectivity index (χ4n) is 3.44. The first-order chi connectivity index (χ1) is 13.8. The highest BCUT2D eigenvalue weighted by atomic mass is 127. The van der Waals surface area contributed by atoms with Gasteiger partial charge in [0.1, 0.15) is 5.76 Å².